The molecule has 4 nitrogen and oxygen atoms in total. The van der Waals surface area contributed by atoms with E-state index in [0.29, 0.717) is 11.6 Å². The largest absolute Gasteiger partial charge is 0.322 e. The Kier molecular flexibility index (Phi) is 5.06. The first-order valence-corrected chi connectivity index (χ1v) is 7.11. The summed E-state index contributed by atoms with van der Waals surface area (Å²) in [5, 5.41) is 6.26. The van der Waals surface area contributed by atoms with Crippen molar-refractivity contribution < 1.29 is 4.79 Å². The van der Waals surface area contributed by atoms with Crippen LogP contribution >= 0.6 is 0 Å². The molecule has 4 heteroatoms. The van der Waals surface area contributed by atoms with Crippen molar-refractivity contribution >= 4 is 11.6 Å². The molecule has 1 aromatic carbocycles. The van der Waals surface area contributed by atoms with Gasteiger partial charge < -0.3 is 10.6 Å². The summed E-state index contributed by atoms with van der Waals surface area (Å²) < 4.78 is 0. The number of pyridine rings is 1. The Bertz CT molecular complexity index is 606. The standard InChI is InChI=1S/C17H21N3O/c1-12(2)18-10-14-5-4-6-16(9-14)20-17(21)15-8-7-13(3)19-11-15/h4-9,11-12,18H,10H2,1-3H3,(H,20,21). The maximum Gasteiger partial charge on any atom is 0.257 e. The van der Waals surface area contributed by atoms with Crippen molar-refractivity contribution in [3.05, 3.63) is 59.4 Å². The highest BCUT2D eigenvalue weighted by Crippen LogP contribution is 2.12. The number of carbonyl (C=O) groups is 1. The highest BCUT2D eigenvalue weighted by Gasteiger charge is 2.06. The first-order chi connectivity index (χ1) is 10.0. The maximum absolute atomic E-state index is 12.1. The third-order valence-electron chi connectivity index (χ3n) is 3.07. The van der Waals surface area contributed by atoms with Gasteiger partial charge in [-0.3, -0.25) is 9.78 Å². The smallest absolute Gasteiger partial charge is 0.257 e. The number of hydrogen-bond donors (Lipinski definition) is 2. The average molecular weight is 283 g/mol. The van der Waals surface area contributed by atoms with Gasteiger partial charge in [0.2, 0.25) is 0 Å². The number of benzene rings is 1. The summed E-state index contributed by atoms with van der Waals surface area (Å²) in [5.74, 6) is -0.142. The van der Waals surface area contributed by atoms with Crippen LogP contribution in [0, 0.1) is 6.92 Å². The molecule has 0 saturated heterocycles. The van der Waals surface area contributed by atoms with Crippen molar-refractivity contribution in [3.8, 4) is 0 Å². The number of rotatable bonds is 5. The predicted octanol–water partition coefficient (Wildman–Crippen LogP) is 3.14. The molecule has 21 heavy (non-hydrogen) atoms. The van der Waals surface area contributed by atoms with E-state index in [4.69, 9.17) is 0 Å². The van der Waals surface area contributed by atoms with Gasteiger partial charge in [0.05, 0.1) is 5.56 Å². The van der Waals surface area contributed by atoms with Crippen LogP contribution in [-0.4, -0.2) is 16.9 Å². The van der Waals surface area contributed by atoms with Crippen LogP contribution in [-0.2, 0) is 6.54 Å². The lowest BCUT2D eigenvalue weighted by atomic mass is 10.1. The Morgan fingerprint density at radius 1 is 1.24 bits per heavy atom. The molecule has 1 amide bonds. The number of aryl methyl sites for hydroxylation is 1. The van der Waals surface area contributed by atoms with Crippen LogP contribution in [0.4, 0.5) is 5.69 Å². The fraction of sp³-hybridized carbons (Fsp3) is 0.294. The first-order valence-electron chi connectivity index (χ1n) is 7.11. The fourth-order valence-corrected chi connectivity index (χ4v) is 1.89. The fourth-order valence-electron chi connectivity index (χ4n) is 1.89. The van der Waals surface area contributed by atoms with Gasteiger partial charge in [0, 0.05) is 30.2 Å². The van der Waals surface area contributed by atoms with E-state index in [-0.39, 0.29) is 5.91 Å². The number of nitrogens with one attached hydrogen (secondary N) is 2. The van der Waals surface area contributed by atoms with Crippen LogP contribution < -0.4 is 10.6 Å². The van der Waals surface area contributed by atoms with Gasteiger partial charge in [-0.25, -0.2) is 0 Å². The molecule has 1 heterocycles. The van der Waals surface area contributed by atoms with Gasteiger partial charge in [0.15, 0.2) is 0 Å². The van der Waals surface area contributed by atoms with Crippen molar-refractivity contribution in [3.63, 3.8) is 0 Å². The van der Waals surface area contributed by atoms with Crippen LogP contribution in [0.1, 0.15) is 35.5 Å². The summed E-state index contributed by atoms with van der Waals surface area (Å²) in [5.41, 5.74) is 3.40. The quantitative estimate of drug-likeness (QED) is 0.886. The van der Waals surface area contributed by atoms with Gasteiger partial charge in [0.25, 0.3) is 5.91 Å². The van der Waals surface area contributed by atoms with Crippen molar-refractivity contribution in [2.75, 3.05) is 5.32 Å². The molecule has 0 saturated carbocycles. The Morgan fingerprint density at radius 3 is 2.71 bits per heavy atom. The van der Waals surface area contributed by atoms with E-state index in [9.17, 15) is 4.79 Å². The molecule has 0 aliphatic carbocycles. The maximum atomic E-state index is 12.1. The topological polar surface area (TPSA) is 54.0 Å². The lowest BCUT2D eigenvalue weighted by Gasteiger charge is -2.10. The van der Waals surface area contributed by atoms with Gasteiger partial charge in [0.1, 0.15) is 0 Å². The van der Waals surface area contributed by atoms with E-state index in [2.05, 4.69) is 29.5 Å². The molecule has 0 radical (unpaired) electrons. The minimum Gasteiger partial charge on any atom is -0.322 e. The Hall–Kier alpha value is -2.20. The van der Waals surface area contributed by atoms with E-state index in [1.54, 1.807) is 12.3 Å². The number of aromatic nitrogens is 1. The molecule has 0 spiro atoms. The molecule has 0 fully saturated rings. The molecule has 0 aliphatic heterocycles. The zero-order valence-electron chi connectivity index (χ0n) is 12.7. The van der Waals surface area contributed by atoms with Crippen LogP contribution in [0.2, 0.25) is 0 Å². The second-order valence-electron chi connectivity index (χ2n) is 5.38. The third-order valence-corrected chi connectivity index (χ3v) is 3.07. The zero-order chi connectivity index (χ0) is 15.2. The molecule has 2 aromatic rings. The third kappa shape index (κ3) is 4.68. The summed E-state index contributed by atoms with van der Waals surface area (Å²) in [7, 11) is 0. The predicted molar refractivity (Wildman–Crippen MR) is 85.3 cm³/mol. The lowest BCUT2D eigenvalue weighted by molar-refractivity contribution is 0.102. The van der Waals surface area contributed by atoms with Crippen LogP contribution in [0.3, 0.4) is 0 Å². The highest BCUT2D eigenvalue weighted by molar-refractivity contribution is 6.04. The molecule has 0 unspecified atom stereocenters. The highest BCUT2D eigenvalue weighted by atomic mass is 16.1. The minimum atomic E-state index is -0.142. The first kappa shape index (κ1) is 15.2. The summed E-state index contributed by atoms with van der Waals surface area (Å²) in [6.45, 7) is 6.90. The molecule has 1 aromatic heterocycles. The summed E-state index contributed by atoms with van der Waals surface area (Å²) >= 11 is 0. The Morgan fingerprint density at radius 2 is 2.05 bits per heavy atom. The number of nitrogens with zero attached hydrogens (tertiary/aromatic N) is 1. The van der Waals surface area contributed by atoms with Crippen LogP contribution in [0.5, 0.6) is 0 Å². The van der Waals surface area contributed by atoms with E-state index in [1.807, 2.05) is 37.3 Å². The summed E-state index contributed by atoms with van der Waals surface area (Å²) in [6.07, 6.45) is 1.59. The molecule has 0 atom stereocenters. The number of hydrogen-bond acceptors (Lipinski definition) is 3. The van der Waals surface area contributed by atoms with Gasteiger partial charge in [-0.15, -0.1) is 0 Å². The van der Waals surface area contributed by atoms with E-state index >= 15 is 0 Å². The molecule has 0 bridgehead atoms. The van der Waals surface area contributed by atoms with Gasteiger partial charge >= 0.3 is 0 Å². The molecular formula is C17H21N3O. The van der Waals surface area contributed by atoms with Gasteiger partial charge in [-0.2, -0.15) is 0 Å². The van der Waals surface area contributed by atoms with Crippen molar-refractivity contribution in [1.82, 2.24) is 10.3 Å². The molecule has 0 aliphatic rings. The zero-order valence-corrected chi connectivity index (χ0v) is 12.7. The molecule has 2 rings (SSSR count). The van der Waals surface area contributed by atoms with Crippen molar-refractivity contribution in [2.45, 2.75) is 33.4 Å². The second-order valence-corrected chi connectivity index (χ2v) is 5.38. The SMILES string of the molecule is Cc1ccc(C(=O)Nc2cccc(CNC(C)C)c2)cn1. The van der Waals surface area contributed by atoms with E-state index < -0.39 is 0 Å². The minimum absolute atomic E-state index is 0.142. The summed E-state index contributed by atoms with van der Waals surface area (Å²) in [4.78, 5) is 16.3. The normalized spacial score (nSPS) is 10.7. The Balaban J connectivity index is 2.03. The lowest BCUT2D eigenvalue weighted by Crippen LogP contribution is -2.21. The van der Waals surface area contributed by atoms with Crippen LogP contribution in [0.15, 0.2) is 42.6 Å². The second kappa shape index (κ2) is 6.99. The number of amides is 1. The monoisotopic (exact) mass is 283 g/mol. The molecule has 110 valence electrons. The van der Waals surface area contributed by atoms with Crippen molar-refractivity contribution in [1.29, 1.82) is 0 Å². The van der Waals surface area contributed by atoms with Crippen molar-refractivity contribution in [2.24, 2.45) is 0 Å². The van der Waals surface area contributed by atoms with Crippen LogP contribution in [0.25, 0.3) is 0 Å². The van der Waals surface area contributed by atoms with Gasteiger partial charge in [-0.05, 0) is 36.8 Å². The Labute approximate surface area is 125 Å². The van der Waals surface area contributed by atoms with E-state index in [1.165, 1.54) is 0 Å². The molecule has 2 N–H and O–H groups in total. The molecular weight excluding hydrogens is 262 g/mol. The number of carbonyl (C=O) groups excluding carboxylic acids is 1. The van der Waals surface area contributed by atoms with E-state index in [0.717, 1.165) is 23.5 Å². The summed E-state index contributed by atoms with van der Waals surface area (Å²) in [6, 6.07) is 11.9. The average Bonchev–Trinajstić information content (AvgIpc) is 2.46. The number of anilines is 1. The van der Waals surface area contributed by atoms with Gasteiger partial charge in [-0.1, -0.05) is 26.0 Å².